The largest absolute Gasteiger partial charge is 0.493 e. The first-order valence-electron chi connectivity index (χ1n) is 10.5. The lowest BCUT2D eigenvalue weighted by atomic mass is 10.1. The summed E-state index contributed by atoms with van der Waals surface area (Å²) < 4.78 is 13.2. The number of imidazole rings is 1. The van der Waals surface area contributed by atoms with Crippen molar-refractivity contribution in [2.24, 2.45) is 0 Å². The van der Waals surface area contributed by atoms with Crippen molar-refractivity contribution in [2.45, 2.75) is 32.9 Å². The van der Waals surface area contributed by atoms with E-state index in [0.29, 0.717) is 31.2 Å². The highest BCUT2D eigenvalue weighted by Crippen LogP contribution is 2.28. The second-order valence-corrected chi connectivity index (χ2v) is 7.17. The van der Waals surface area contributed by atoms with Crippen molar-refractivity contribution in [3.8, 4) is 11.5 Å². The Morgan fingerprint density at radius 2 is 2.00 bits per heavy atom. The van der Waals surface area contributed by atoms with Crippen LogP contribution >= 0.6 is 0 Å². The van der Waals surface area contributed by atoms with Gasteiger partial charge in [-0.05, 0) is 41.3 Å². The number of hydrogen-bond donors (Lipinski definition) is 1. The molecule has 1 amide bonds. The van der Waals surface area contributed by atoms with Crippen molar-refractivity contribution in [2.75, 3.05) is 13.7 Å². The molecule has 6 nitrogen and oxygen atoms in total. The first-order valence-corrected chi connectivity index (χ1v) is 10.5. The number of nitrogens with one attached hydrogen (secondary N) is 1. The summed E-state index contributed by atoms with van der Waals surface area (Å²) in [4.78, 5) is 16.4. The van der Waals surface area contributed by atoms with Gasteiger partial charge in [0.2, 0.25) is 5.91 Å². The first-order chi connectivity index (χ1) is 15.2. The van der Waals surface area contributed by atoms with Crippen LogP contribution < -0.4 is 14.8 Å². The zero-order valence-corrected chi connectivity index (χ0v) is 18.1. The van der Waals surface area contributed by atoms with Crippen LogP contribution in [0.1, 0.15) is 36.5 Å². The number of aromatic nitrogens is 2. The molecule has 0 aliphatic heterocycles. The molecule has 162 valence electrons. The van der Waals surface area contributed by atoms with Crippen LogP contribution in [0.3, 0.4) is 0 Å². The molecule has 0 atom stereocenters. The summed E-state index contributed by atoms with van der Waals surface area (Å²) in [6.07, 6.45) is 10.8. The summed E-state index contributed by atoms with van der Waals surface area (Å²) in [5.41, 5.74) is 3.09. The van der Waals surface area contributed by atoms with E-state index < -0.39 is 0 Å². The Morgan fingerprint density at radius 1 is 1.16 bits per heavy atom. The van der Waals surface area contributed by atoms with Crippen LogP contribution in [0, 0.1) is 0 Å². The van der Waals surface area contributed by atoms with Gasteiger partial charge < -0.3 is 19.4 Å². The monoisotopic (exact) mass is 419 g/mol. The van der Waals surface area contributed by atoms with Gasteiger partial charge in [0, 0.05) is 31.6 Å². The van der Waals surface area contributed by atoms with E-state index in [0.717, 1.165) is 29.5 Å². The van der Waals surface area contributed by atoms with Crippen molar-refractivity contribution < 1.29 is 14.3 Å². The molecule has 0 aliphatic rings. The van der Waals surface area contributed by atoms with E-state index >= 15 is 0 Å². The van der Waals surface area contributed by atoms with Crippen LogP contribution in [0.15, 0.2) is 67.3 Å². The van der Waals surface area contributed by atoms with E-state index in [4.69, 9.17) is 9.47 Å². The summed E-state index contributed by atoms with van der Waals surface area (Å²) in [7, 11) is 1.61. The maximum Gasteiger partial charge on any atom is 0.244 e. The summed E-state index contributed by atoms with van der Waals surface area (Å²) >= 11 is 0. The predicted octanol–water partition coefficient (Wildman–Crippen LogP) is 4.45. The van der Waals surface area contributed by atoms with Crippen molar-refractivity contribution in [3.05, 3.63) is 84.0 Å². The molecule has 0 unspecified atom stereocenters. The Hall–Kier alpha value is -3.54. The van der Waals surface area contributed by atoms with Gasteiger partial charge in [-0.1, -0.05) is 43.7 Å². The fourth-order valence-electron chi connectivity index (χ4n) is 3.11. The Kier molecular flexibility index (Phi) is 8.29. The Labute approximate surface area is 183 Å². The molecule has 0 radical (unpaired) electrons. The number of methoxy groups -OCH3 is 1. The summed E-state index contributed by atoms with van der Waals surface area (Å²) in [6, 6.07) is 13.7. The number of nitrogens with zero attached hydrogens (tertiary/aromatic N) is 2. The van der Waals surface area contributed by atoms with Gasteiger partial charge in [-0.25, -0.2) is 4.98 Å². The second kappa shape index (κ2) is 11.6. The van der Waals surface area contributed by atoms with Gasteiger partial charge in [-0.15, -0.1) is 0 Å². The number of ether oxygens (including phenoxy) is 2. The molecule has 0 aliphatic carbocycles. The molecule has 0 bridgehead atoms. The Bertz CT molecular complexity index is 997. The minimum Gasteiger partial charge on any atom is -0.493 e. The summed E-state index contributed by atoms with van der Waals surface area (Å²) in [5.74, 6) is 1.22. The molecule has 0 saturated carbocycles. The zero-order valence-electron chi connectivity index (χ0n) is 18.1. The maximum atomic E-state index is 12.3. The number of amides is 1. The number of unbranched alkanes of at least 4 members (excludes halogenated alkanes) is 1. The minimum absolute atomic E-state index is 0.153. The molecule has 1 N–H and O–H groups in total. The third-order valence-electron chi connectivity index (χ3n) is 4.85. The molecule has 1 heterocycles. The molecule has 0 fully saturated rings. The lowest BCUT2D eigenvalue weighted by Gasteiger charge is -2.11. The Balaban J connectivity index is 1.57. The normalized spacial score (nSPS) is 10.9. The second-order valence-electron chi connectivity index (χ2n) is 7.17. The van der Waals surface area contributed by atoms with Gasteiger partial charge in [0.05, 0.1) is 20.0 Å². The molecule has 0 spiro atoms. The molecule has 2 aromatic carbocycles. The van der Waals surface area contributed by atoms with Gasteiger partial charge in [0.25, 0.3) is 0 Å². The maximum absolute atomic E-state index is 12.3. The van der Waals surface area contributed by atoms with E-state index in [-0.39, 0.29) is 5.91 Å². The molecule has 31 heavy (non-hydrogen) atoms. The fourth-order valence-corrected chi connectivity index (χ4v) is 3.11. The quantitative estimate of drug-likeness (QED) is 0.368. The van der Waals surface area contributed by atoms with Gasteiger partial charge in [0.1, 0.15) is 0 Å². The van der Waals surface area contributed by atoms with E-state index in [9.17, 15) is 4.79 Å². The van der Waals surface area contributed by atoms with Gasteiger partial charge in [0.15, 0.2) is 11.5 Å². The highest BCUT2D eigenvalue weighted by atomic mass is 16.5. The lowest BCUT2D eigenvalue weighted by Crippen LogP contribution is -2.21. The summed E-state index contributed by atoms with van der Waals surface area (Å²) in [6.45, 7) is 3.96. The molecule has 3 aromatic rings. The molecular weight excluding hydrogens is 390 g/mol. The zero-order chi connectivity index (χ0) is 21.9. The van der Waals surface area contributed by atoms with Crippen LogP contribution in [0.4, 0.5) is 0 Å². The lowest BCUT2D eigenvalue weighted by molar-refractivity contribution is -0.116. The number of benzene rings is 2. The van der Waals surface area contributed by atoms with E-state index in [2.05, 4.69) is 23.3 Å². The van der Waals surface area contributed by atoms with Crippen molar-refractivity contribution in [1.82, 2.24) is 14.9 Å². The Morgan fingerprint density at radius 3 is 2.74 bits per heavy atom. The topological polar surface area (TPSA) is 65.4 Å². The highest BCUT2D eigenvalue weighted by Gasteiger charge is 2.06. The third kappa shape index (κ3) is 6.74. The molecular formula is C25H29N3O3. The fraction of sp³-hybridized carbons (Fsp3) is 0.280. The number of hydrogen-bond acceptors (Lipinski definition) is 4. The van der Waals surface area contributed by atoms with E-state index in [1.54, 1.807) is 25.7 Å². The van der Waals surface area contributed by atoms with Gasteiger partial charge in [-0.2, -0.15) is 0 Å². The van der Waals surface area contributed by atoms with Crippen LogP contribution in [0.2, 0.25) is 0 Å². The average molecular weight is 420 g/mol. The van der Waals surface area contributed by atoms with E-state index in [1.165, 1.54) is 6.08 Å². The smallest absolute Gasteiger partial charge is 0.244 e. The molecule has 1 aromatic heterocycles. The van der Waals surface area contributed by atoms with Gasteiger partial charge >= 0.3 is 0 Å². The van der Waals surface area contributed by atoms with Crippen molar-refractivity contribution in [3.63, 3.8) is 0 Å². The number of carbonyl (C=O) groups excluding carboxylic acids is 1. The standard InChI is InChI=1S/C25H29N3O3/c1-3-4-15-31-23-11-9-20(16-24(23)30-2)10-12-25(29)27-17-21-7-5-6-8-22(21)18-28-14-13-26-19-28/h5-14,16,19H,3-4,15,17-18H2,1-2H3,(H,27,29)/b12-10+. The summed E-state index contributed by atoms with van der Waals surface area (Å²) in [5, 5.41) is 2.96. The van der Waals surface area contributed by atoms with E-state index in [1.807, 2.05) is 47.2 Å². The number of rotatable bonds is 11. The molecule has 6 heteroatoms. The predicted molar refractivity (Wildman–Crippen MR) is 122 cm³/mol. The minimum atomic E-state index is -0.153. The van der Waals surface area contributed by atoms with Crippen LogP contribution in [-0.4, -0.2) is 29.2 Å². The van der Waals surface area contributed by atoms with Crippen LogP contribution in [0.25, 0.3) is 6.08 Å². The molecule has 3 rings (SSSR count). The molecule has 0 saturated heterocycles. The highest BCUT2D eigenvalue weighted by molar-refractivity contribution is 5.91. The van der Waals surface area contributed by atoms with Gasteiger partial charge in [-0.3, -0.25) is 4.79 Å². The van der Waals surface area contributed by atoms with Crippen LogP contribution in [-0.2, 0) is 17.9 Å². The van der Waals surface area contributed by atoms with Crippen LogP contribution in [0.5, 0.6) is 11.5 Å². The number of carbonyl (C=O) groups is 1. The van der Waals surface area contributed by atoms with Crippen molar-refractivity contribution >= 4 is 12.0 Å². The first kappa shape index (κ1) is 22.2. The third-order valence-corrected chi connectivity index (χ3v) is 4.85. The van der Waals surface area contributed by atoms with Crippen molar-refractivity contribution in [1.29, 1.82) is 0 Å². The SMILES string of the molecule is CCCCOc1ccc(/C=C/C(=O)NCc2ccccc2Cn2ccnc2)cc1OC. The average Bonchev–Trinajstić information content (AvgIpc) is 3.31.